The summed E-state index contributed by atoms with van der Waals surface area (Å²) in [6, 6.07) is 2.39. The number of anilines is 4. The third-order valence-corrected chi connectivity index (χ3v) is 7.50. The van der Waals surface area contributed by atoms with E-state index in [1.807, 2.05) is 13.8 Å². The number of nitrogens with one attached hydrogen (secondary N) is 2. The maximum Gasteiger partial charge on any atom is 0.350 e. The predicted octanol–water partition coefficient (Wildman–Crippen LogP) is 2.12. The average molecular weight is 519 g/mol. The molecule has 2 aliphatic heterocycles. The fourth-order valence-corrected chi connectivity index (χ4v) is 5.29. The largest absolute Gasteiger partial charge is 0.462 e. The van der Waals surface area contributed by atoms with Crippen LogP contribution in [-0.2, 0) is 9.47 Å². The number of aromatic nitrogens is 3. The van der Waals surface area contributed by atoms with Gasteiger partial charge in [0.05, 0.1) is 12.3 Å². The summed E-state index contributed by atoms with van der Waals surface area (Å²) >= 11 is 1.26. The fraction of sp³-hybridized carbons (Fsp3) is 0.667. The van der Waals surface area contributed by atoms with Crippen LogP contribution in [0.15, 0.2) is 6.07 Å². The van der Waals surface area contributed by atoms with Gasteiger partial charge in [-0.05, 0) is 34.2 Å². The van der Waals surface area contributed by atoms with Gasteiger partial charge >= 0.3 is 5.97 Å². The predicted molar refractivity (Wildman–Crippen MR) is 143 cm³/mol. The van der Waals surface area contributed by atoms with Crippen LogP contribution in [0.1, 0.15) is 35.6 Å². The molecular formula is C24H38N8O3S. The lowest BCUT2D eigenvalue weighted by molar-refractivity contribution is 0.0531. The van der Waals surface area contributed by atoms with E-state index in [1.165, 1.54) is 11.3 Å². The van der Waals surface area contributed by atoms with Gasteiger partial charge in [-0.25, -0.2) is 9.78 Å². The Bertz CT molecular complexity index is 1010. The highest BCUT2D eigenvalue weighted by Crippen LogP contribution is 2.29. The van der Waals surface area contributed by atoms with Gasteiger partial charge in [0, 0.05) is 71.1 Å². The van der Waals surface area contributed by atoms with E-state index < -0.39 is 0 Å². The minimum absolute atomic E-state index is 0.283. The quantitative estimate of drug-likeness (QED) is 0.357. The Kier molecular flexibility index (Phi) is 9.30. The molecular weight excluding hydrogens is 480 g/mol. The lowest BCUT2D eigenvalue weighted by atomic mass is 10.1. The summed E-state index contributed by atoms with van der Waals surface area (Å²) in [6.07, 6.45) is 0.923. The number of rotatable bonds is 10. The van der Waals surface area contributed by atoms with E-state index in [-0.39, 0.29) is 12.0 Å². The zero-order chi connectivity index (χ0) is 25.5. The zero-order valence-electron chi connectivity index (χ0n) is 21.7. The molecule has 0 saturated carbocycles. The second-order valence-electron chi connectivity index (χ2n) is 9.01. The molecule has 4 rings (SSSR count). The Hall–Kier alpha value is -2.54. The topological polar surface area (TPSA) is 108 Å². The molecule has 2 saturated heterocycles. The van der Waals surface area contributed by atoms with Crippen molar-refractivity contribution >= 4 is 40.0 Å². The van der Waals surface area contributed by atoms with E-state index in [2.05, 4.69) is 43.4 Å². The Morgan fingerprint density at radius 3 is 2.67 bits per heavy atom. The standard InChI is InChI=1S/C24H38N8O3S/c1-5-34-14-7-18-16-25-8-9-32(18)20-15-19(31-12-10-30(4)11-13-31)27-23(28-20)29-24-26-17(3)21(36-24)22(33)35-6-2/h15,18,25H,5-14,16H2,1-4H3,(H,26,27,28,29). The first-order chi connectivity index (χ1) is 17.5. The summed E-state index contributed by atoms with van der Waals surface area (Å²) in [4.78, 5) is 34.1. The summed E-state index contributed by atoms with van der Waals surface area (Å²) < 4.78 is 10.8. The van der Waals surface area contributed by atoms with Crippen molar-refractivity contribution in [2.75, 3.05) is 87.8 Å². The number of thiazole rings is 1. The minimum Gasteiger partial charge on any atom is -0.462 e. The van der Waals surface area contributed by atoms with Gasteiger partial charge in [0.15, 0.2) is 5.13 Å². The molecule has 2 aromatic heterocycles. The molecule has 4 heterocycles. The van der Waals surface area contributed by atoms with Crippen LogP contribution in [0.3, 0.4) is 0 Å². The van der Waals surface area contributed by atoms with Crippen LogP contribution in [-0.4, -0.2) is 105 Å². The molecule has 1 atom stereocenters. The van der Waals surface area contributed by atoms with Crippen molar-refractivity contribution in [3.8, 4) is 0 Å². The molecule has 2 fully saturated rings. The lowest BCUT2D eigenvalue weighted by Crippen LogP contribution is -2.52. The van der Waals surface area contributed by atoms with E-state index in [0.29, 0.717) is 28.3 Å². The molecule has 0 aromatic carbocycles. The van der Waals surface area contributed by atoms with Gasteiger partial charge < -0.3 is 29.5 Å². The highest BCUT2D eigenvalue weighted by molar-refractivity contribution is 7.17. The van der Waals surface area contributed by atoms with E-state index in [0.717, 1.165) is 77.1 Å². The molecule has 0 radical (unpaired) electrons. The van der Waals surface area contributed by atoms with Crippen molar-refractivity contribution in [2.24, 2.45) is 0 Å². The maximum atomic E-state index is 12.3. The number of hydrogen-bond acceptors (Lipinski definition) is 12. The maximum absolute atomic E-state index is 12.3. The number of piperazine rings is 2. The van der Waals surface area contributed by atoms with E-state index in [4.69, 9.17) is 19.4 Å². The summed E-state index contributed by atoms with van der Waals surface area (Å²) in [6.45, 7) is 13.8. The molecule has 198 valence electrons. The number of carbonyl (C=O) groups excluding carboxylic acids is 1. The van der Waals surface area contributed by atoms with Crippen molar-refractivity contribution in [1.29, 1.82) is 0 Å². The second-order valence-corrected chi connectivity index (χ2v) is 10.0. The van der Waals surface area contributed by atoms with Crippen molar-refractivity contribution in [2.45, 2.75) is 33.2 Å². The smallest absolute Gasteiger partial charge is 0.350 e. The van der Waals surface area contributed by atoms with Gasteiger partial charge in [-0.15, -0.1) is 0 Å². The molecule has 0 aliphatic carbocycles. The first-order valence-electron chi connectivity index (χ1n) is 12.8. The first-order valence-corrected chi connectivity index (χ1v) is 13.6. The third kappa shape index (κ3) is 6.61. The van der Waals surface area contributed by atoms with Crippen LogP contribution in [0, 0.1) is 6.92 Å². The van der Waals surface area contributed by atoms with E-state index in [9.17, 15) is 4.79 Å². The van der Waals surface area contributed by atoms with Crippen molar-refractivity contribution in [3.63, 3.8) is 0 Å². The first kappa shape index (κ1) is 26.5. The summed E-state index contributed by atoms with van der Waals surface area (Å²) in [5.41, 5.74) is 0.634. The SMILES string of the molecule is CCOCCC1CNCCN1c1cc(N2CCN(C)CC2)nc(Nc2nc(C)c(C(=O)OCC)s2)n1. The Morgan fingerprint density at radius 2 is 1.92 bits per heavy atom. The third-order valence-electron chi connectivity index (χ3n) is 6.45. The summed E-state index contributed by atoms with van der Waals surface area (Å²) in [7, 11) is 2.14. The van der Waals surface area contributed by atoms with Crippen LogP contribution >= 0.6 is 11.3 Å². The molecule has 0 spiro atoms. The number of nitrogens with zero attached hydrogens (tertiary/aromatic N) is 6. The molecule has 2 aliphatic rings. The Balaban J connectivity index is 1.62. The van der Waals surface area contributed by atoms with Gasteiger partial charge in [-0.3, -0.25) is 5.32 Å². The Morgan fingerprint density at radius 1 is 1.14 bits per heavy atom. The number of ether oxygens (including phenoxy) is 2. The van der Waals surface area contributed by atoms with E-state index in [1.54, 1.807) is 6.92 Å². The summed E-state index contributed by atoms with van der Waals surface area (Å²) in [5, 5.41) is 7.35. The molecule has 2 N–H and O–H groups in total. The fourth-order valence-electron chi connectivity index (χ4n) is 4.44. The molecule has 11 nitrogen and oxygen atoms in total. The zero-order valence-corrected chi connectivity index (χ0v) is 22.6. The van der Waals surface area contributed by atoms with Gasteiger partial charge in [0.1, 0.15) is 16.5 Å². The minimum atomic E-state index is -0.355. The van der Waals surface area contributed by atoms with Crippen LogP contribution in [0.4, 0.5) is 22.7 Å². The number of carbonyl (C=O) groups is 1. The summed E-state index contributed by atoms with van der Waals surface area (Å²) in [5.74, 6) is 1.92. The van der Waals surface area contributed by atoms with Gasteiger partial charge in [0.25, 0.3) is 0 Å². The molecule has 36 heavy (non-hydrogen) atoms. The van der Waals surface area contributed by atoms with Crippen molar-refractivity contribution in [3.05, 3.63) is 16.6 Å². The number of hydrogen-bond donors (Lipinski definition) is 2. The Labute approximate surface area is 217 Å². The van der Waals surface area contributed by atoms with Gasteiger partial charge in [0.2, 0.25) is 5.95 Å². The van der Waals surface area contributed by atoms with Gasteiger partial charge in [-0.1, -0.05) is 11.3 Å². The van der Waals surface area contributed by atoms with Crippen molar-refractivity contribution < 1.29 is 14.3 Å². The highest BCUT2D eigenvalue weighted by atomic mass is 32.1. The van der Waals surface area contributed by atoms with Gasteiger partial charge in [-0.2, -0.15) is 9.97 Å². The van der Waals surface area contributed by atoms with Crippen molar-refractivity contribution in [1.82, 2.24) is 25.2 Å². The van der Waals surface area contributed by atoms with Crippen LogP contribution in [0.5, 0.6) is 0 Å². The molecule has 2 aromatic rings. The average Bonchev–Trinajstić information content (AvgIpc) is 3.24. The highest BCUT2D eigenvalue weighted by Gasteiger charge is 2.26. The number of likely N-dealkylation sites (N-methyl/N-ethyl adjacent to an activating group) is 1. The molecule has 0 amide bonds. The molecule has 0 bridgehead atoms. The number of aryl methyl sites for hydroxylation is 1. The monoisotopic (exact) mass is 518 g/mol. The van der Waals surface area contributed by atoms with Crippen LogP contribution in [0.2, 0.25) is 0 Å². The van der Waals surface area contributed by atoms with E-state index >= 15 is 0 Å². The molecule has 12 heteroatoms. The normalized spacial score (nSPS) is 18.9. The second kappa shape index (κ2) is 12.6. The van der Waals surface area contributed by atoms with Crippen LogP contribution in [0.25, 0.3) is 0 Å². The number of esters is 1. The molecule has 1 unspecified atom stereocenters. The van der Waals surface area contributed by atoms with Crippen LogP contribution < -0.4 is 20.4 Å². The lowest BCUT2D eigenvalue weighted by Gasteiger charge is -2.38.